The first-order chi connectivity index (χ1) is 10.3. The average molecular weight is 304 g/mol. The van der Waals surface area contributed by atoms with Crippen molar-refractivity contribution in [2.75, 3.05) is 46.1 Å². The summed E-state index contributed by atoms with van der Waals surface area (Å²) >= 11 is 0. The highest BCUT2D eigenvalue weighted by Crippen LogP contribution is 2.06. The molecule has 0 rings (SSSR count). The van der Waals surface area contributed by atoms with Crippen LogP contribution in [0.2, 0.25) is 0 Å². The van der Waals surface area contributed by atoms with Gasteiger partial charge in [-0.3, -0.25) is 4.79 Å². The third-order valence-corrected chi connectivity index (χ3v) is 3.01. The van der Waals surface area contributed by atoms with Crippen molar-refractivity contribution in [2.45, 2.75) is 44.9 Å². The summed E-state index contributed by atoms with van der Waals surface area (Å²) in [6.07, 6.45) is 6.83. The predicted octanol–water partition coefficient (Wildman–Crippen LogP) is 0.817. The van der Waals surface area contributed by atoms with Crippen LogP contribution >= 0.6 is 0 Å². The minimum Gasteiger partial charge on any atom is -0.396 e. The maximum absolute atomic E-state index is 11.5. The zero-order valence-electron chi connectivity index (χ0n) is 13.1. The average Bonchev–Trinajstić information content (AvgIpc) is 2.49. The zero-order chi connectivity index (χ0) is 15.6. The summed E-state index contributed by atoms with van der Waals surface area (Å²) in [6.45, 7) is 3.50. The normalized spacial score (nSPS) is 10.8. The number of hydrogen-bond acceptors (Lipinski definition) is 5. The molecule has 0 saturated heterocycles. The number of unbranched alkanes of at least 4 members (excludes halogenated alkanes) is 5. The molecule has 0 fully saturated rings. The first kappa shape index (κ1) is 20.3. The van der Waals surface area contributed by atoms with Crippen LogP contribution in [0, 0.1) is 0 Å². The topological polar surface area (TPSA) is 93.8 Å². The lowest BCUT2D eigenvalue weighted by molar-refractivity contribution is -0.121. The third kappa shape index (κ3) is 17.3. The number of nitrogens with two attached hydrogens (primary N) is 1. The van der Waals surface area contributed by atoms with E-state index in [4.69, 9.17) is 20.3 Å². The van der Waals surface area contributed by atoms with Gasteiger partial charge in [0.05, 0.1) is 26.4 Å². The van der Waals surface area contributed by atoms with E-state index < -0.39 is 0 Å². The van der Waals surface area contributed by atoms with Gasteiger partial charge in [0.15, 0.2) is 0 Å². The van der Waals surface area contributed by atoms with Crippen LogP contribution in [0.25, 0.3) is 0 Å². The van der Waals surface area contributed by atoms with Crippen LogP contribution in [0.3, 0.4) is 0 Å². The van der Waals surface area contributed by atoms with Crippen LogP contribution < -0.4 is 11.1 Å². The lowest BCUT2D eigenvalue weighted by atomic mass is 10.1. The van der Waals surface area contributed by atoms with E-state index in [-0.39, 0.29) is 12.5 Å². The van der Waals surface area contributed by atoms with Crippen LogP contribution in [0.4, 0.5) is 0 Å². The van der Waals surface area contributed by atoms with E-state index in [9.17, 15) is 4.79 Å². The van der Waals surface area contributed by atoms with Gasteiger partial charge in [-0.1, -0.05) is 25.7 Å². The molecular weight excluding hydrogens is 272 g/mol. The Bertz CT molecular complexity index is 228. The molecule has 6 nitrogen and oxygen atoms in total. The van der Waals surface area contributed by atoms with E-state index >= 15 is 0 Å². The Morgan fingerprint density at radius 2 is 1.52 bits per heavy atom. The largest absolute Gasteiger partial charge is 0.396 e. The molecule has 0 unspecified atom stereocenters. The molecule has 126 valence electrons. The second kappa shape index (κ2) is 17.4. The minimum atomic E-state index is 0.0911. The van der Waals surface area contributed by atoms with Gasteiger partial charge in [-0.05, 0) is 12.8 Å². The Kier molecular flexibility index (Phi) is 16.8. The number of ether oxygens (including phenoxy) is 2. The molecule has 0 saturated carbocycles. The Labute approximate surface area is 128 Å². The molecule has 0 aliphatic carbocycles. The van der Waals surface area contributed by atoms with Crippen LogP contribution in [0.5, 0.6) is 0 Å². The van der Waals surface area contributed by atoms with Crippen molar-refractivity contribution in [1.29, 1.82) is 0 Å². The molecule has 0 spiro atoms. The van der Waals surface area contributed by atoms with Crippen molar-refractivity contribution < 1.29 is 19.4 Å². The van der Waals surface area contributed by atoms with Gasteiger partial charge in [-0.15, -0.1) is 0 Å². The Morgan fingerprint density at radius 1 is 0.905 bits per heavy atom. The van der Waals surface area contributed by atoms with E-state index in [0.29, 0.717) is 45.9 Å². The number of rotatable bonds is 16. The summed E-state index contributed by atoms with van der Waals surface area (Å²) < 4.78 is 10.5. The highest BCUT2D eigenvalue weighted by Gasteiger charge is 2.00. The fraction of sp³-hybridized carbons (Fsp3) is 0.933. The van der Waals surface area contributed by atoms with Crippen molar-refractivity contribution in [3.63, 3.8) is 0 Å². The van der Waals surface area contributed by atoms with Gasteiger partial charge in [0.2, 0.25) is 5.91 Å². The summed E-state index contributed by atoms with van der Waals surface area (Å²) in [6, 6.07) is 0. The Hall–Kier alpha value is -0.690. The molecule has 0 aromatic heterocycles. The zero-order valence-corrected chi connectivity index (χ0v) is 13.1. The number of amides is 1. The summed E-state index contributed by atoms with van der Waals surface area (Å²) in [4.78, 5) is 11.5. The van der Waals surface area contributed by atoms with Gasteiger partial charge < -0.3 is 25.6 Å². The molecule has 0 atom stereocenters. The Balaban J connectivity index is 3.13. The summed E-state index contributed by atoms with van der Waals surface area (Å²) in [5.74, 6) is 0.0911. The summed E-state index contributed by atoms with van der Waals surface area (Å²) in [5, 5.41) is 11.5. The minimum absolute atomic E-state index is 0.0911. The van der Waals surface area contributed by atoms with Crippen molar-refractivity contribution in [2.24, 2.45) is 5.73 Å². The second-order valence-corrected chi connectivity index (χ2v) is 4.96. The molecule has 0 bridgehead atoms. The lowest BCUT2D eigenvalue weighted by Crippen LogP contribution is -2.27. The van der Waals surface area contributed by atoms with Gasteiger partial charge in [0.1, 0.15) is 0 Å². The van der Waals surface area contributed by atoms with Crippen molar-refractivity contribution in [3.8, 4) is 0 Å². The molecule has 4 N–H and O–H groups in total. The standard InChI is InChI=1S/C15H32N2O4/c16-8-11-20-13-14-21-12-9-17-15(19)7-5-3-1-2-4-6-10-18/h18H,1-14,16H2,(H,17,19). The molecule has 0 heterocycles. The summed E-state index contributed by atoms with van der Waals surface area (Å²) in [7, 11) is 0. The SMILES string of the molecule is NCCOCCOCCNC(=O)CCCCCCCCO. The van der Waals surface area contributed by atoms with E-state index in [1.807, 2.05) is 0 Å². The number of aliphatic hydroxyl groups excluding tert-OH is 1. The Morgan fingerprint density at radius 3 is 2.19 bits per heavy atom. The summed E-state index contributed by atoms with van der Waals surface area (Å²) in [5.41, 5.74) is 5.28. The van der Waals surface area contributed by atoms with Crippen molar-refractivity contribution >= 4 is 5.91 Å². The maximum Gasteiger partial charge on any atom is 0.220 e. The fourth-order valence-electron chi connectivity index (χ4n) is 1.86. The monoisotopic (exact) mass is 304 g/mol. The third-order valence-electron chi connectivity index (χ3n) is 3.01. The fourth-order valence-corrected chi connectivity index (χ4v) is 1.86. The molecule has 6 heteroatoms. The smallest absolute Gasteiger partial charge is 0.220 e. The number of hydrogen-bond donors (Lipinski definition) is 3. The van der Waals surface area contributed by atoms with Gasteiger partial charge in [0.25, 0.3) is 0 Å². The molecule has 0 aromatic rings. The van der Waals surface area contributed by atoms with Crippen molar-refractivity contribution in [1.82, 2.24) is 5.32 Å². The first-order valence-electron chi connectivity index (χ1n) is 8.04. The quantitative estimate of drug-likeness (QED) is 0.367. The molecule has 0 aromatic carbocycles. The molecular formula is C15H32N2O4. The second-order valence-electron chi connectivity index (χ2n) is 4.96. The van der Waals surface area contributed by atoms with E-state index in [1.54, 1.807) is 0 Å². The highest BCUT2D eigenvalue weighted by molar-refractivity contribution is 5.75. The van der Waals surface area contributed by atoms with E-state index in [1.165, 1.54) is 0 Å². The molecule has 0 aliphatic rings. The number of nitrogens with one attached hydrogen (secondary N) is 1. The van der Waals surface area contributed by atoms with Crippen LogP contribution in [-0.2, 0) is 14.3 Å². The van der Waals surface area contributed by atoms with Gasteiger partial charge in [-0.25, -0.2) is 0 Å². The number of carbonyl (C=O) groups excluding carboxylic acids is 1. The lowest BCUT2D eigenvalue weighted by Gasteiger charge is -2.07. The van der Waals surface area contributed by atoms with Crippen molar-refractivity contribution in [3.05, 3.63) is 0 Å². The van der Waals surface area contributed by atoms with Gasteiger partial charge in [0, 0.05) is 26.1 Å². The van der Waals surface area contributed by atoms with Crippen LogP contribution in [-0.4, -0.2) is 57.1 Å². The van der Waals surface area contributed by atoms with Gasteiger partial charge in [-0.2, -0.15) is 0 Å². The highest BCUT2D eigenvalue weighted by atomic mass is 16.5. The number of carbonyl (C=O) groups is 1. The maximum atomic E-state index is 11.5. The van der Waals surface area contributed by atoms with Crippen LogP contribution in [0.1, 0.15) is 44.9 Å². The van der Waals surface area contributed by atoms with E-state index in [0.717, 1.165) is 38.5 Å². The van der Waals surface area contributed by atoms with Gasteiger partial charge >= 0.3 is 0 Å². The molecule has 21 heavy (non-hydrogen) atoms. The van der Waals surface area contributed by atoms with E-state index in [2.05, 4.69) is 5.32 Å². The molecule has 0 aliphatic heterocycles. The number of aliphatic hydroxyl groups is 1. The molecule has 1 amide bonds. The first-order valence-corrected chi connectivity index (χ1v) is 8.04. The predicted molar refractivity (Wildman–Crippen MR) is 83.1 cm³/mol. The van der Waals surface area contributed by atoms with Crippen LogP contribution in [0.15, 0.2) is 0 Å². The molecule has 0 radical (unpaired) electrons.